The third-order valence-corrected chi connectivity index (χ3v) is 6.35. The number of fused-ring (bicyclic) bond motifs is 1. The molecule has 1 N–H and O–H groups in total. The minimum absolute atomic E-state index is 0.452. The molecule has 1 aliphatic heterocycles. The van der Waals surface area contributed by atoms with Crippen LogP contribution in [0.1, 0.15) is 18.0 Å². The molecule has 1 atom stereocenters. The van der Waals surface area contributed by atoms with Crippen molar-refractivity contribution in [3.8, 4) is 0 Å². The maximum atomic E-state index is 4.74. The fourth-order valence-corrected chi connectivity index (χ4v) is 5.32. The topological polar surface area (TPSA) is 37.8 Å². The highest BCUT2D eigenvalue weighted by Gasteiger charge is 2.21. The molecular weight excluding hydrogens is 282 g/mol. The Kier molecular flexibility index (Phi) is 3.96. The third kappa shape index (κ3) is 2.46. The molecule has 1 unspecified atom stereocenters. The highest BCUT2D eigenvalue weighted by Crippen LogP contribution is 2.37. The molecule has 1 saturated heterocycles. The molecule has 96 valence electrons. The zero-order valence-corrected chi connectivity index (χ0v) is 12.6. The molecule has 0 spiro atoms. The Morgan fingerprint density at radius 1 is 1.39 bits per heavy atom. The van der Waals surface area contributed by atoms with E-state index in [4.69, 9.17) is 9.97 Å². The van der Waals surface area contributed by atoms with E-state index in [2.05, 4.69) is 23.7 Å². The molecule has 0 aliphatic carbocycles. The van der Waals surface area contributed by atoms with E-state index in [1.165, 1.54) is 11.5 Å². The summed E-state index contributed by atoms with van der Waals surface area (Å²) in [5, 5.41) is 7.05. The molecule has 0 saturated carbocycles. The van der Waals surface area contributed by atoms with Gasteiger partial charge in [-0.2, -0.15) is 11.8 Å². The molecule has 18 heavy (non-hydrogen) atoms. The van der Waals surface area contributed by atoms with Gasteiger partial charge in [-0.25, -0.2) is 9.97 Å². The van der Waals surface area contributed by atoms with Gasteiger partial charge in [-0.3, -0.25) is 0 Å². The van der Waals surface area contributed by atoms with Crippen LogP contribution in [0.3, 0.4) is 0 Å². The SMILES string of the molecule is CCNc1nc(C2CSCCS2)nc2sccc12. The summed E-state index contributed by atoms with van der Waals surface area (Å²) in [6.07, 6.45) is 0. The number of thiophene rings is 1. The maximum absolute atomic E-state index is 4.74. The van der Waals surface area contributed by atoms with E-state index in [9.17, 15) is 0 Å². The molecule has 0 aromatic carbocycles. The van der Waals surface area contributed by atoms with Crippen molar-refractivity contribution in [2.45, 2.75) is 12.2 Å². The lowest BCUT2D eigenvalue weighted by Gasteiger charge is -2.20. The number of hydrogen-bond donors (Lipinski definition) is 1. The molecule has 1 aliphatic rings. The molecule has 2 aromatic heterocycles. The molecule has 3 nitrogen and oxygen atoms in total. The van der Waals surface area contributed by atoms with Gasteiger partial charge in [-0.15, -0.1) is 23.1 Å². The van der Waals surface area contributed by atoms with Crippen LogP contribution in [-0.4, -0.2) is 33.8 Å². The first kappa shape index (κ1) is 12.6. The summed E-state index contributed by atoms with van der Waals surface area (Å²) in [4.78, 5) is 10.6. The van der Waals surface area contributed by atoms with Crippen LogP contribution < -0.4 is 5.32 Å². The average molecular weight is 297 g/mol. The number of aromatic nitrogens is 2. The second-order valence-electron chi connectivity index (χ2n) is 4.03. The minimum atomic E-state index is 0.452. The summed E-state index contributed by atoms with van der Waals surface area (Å²) in [5.41, 5.74) is 0. The van der Waals surface area contributed by atoms with Crippen molar-refractivity contribution in [3.63, 3.8) is 0 Å². The van der Waals surface area contributed by atoms with Gasteiger partial charge in [0, 0.05) is 23.8 Å². The lowest BCUT2D eigenvalue weighted by atomic mass is 10.3. The van der Waals surface area contributed by atoms with Crippen LogP contribution in [0, 0.1) is 0 Å². The van der Waals surface area contributed by atoms with Gasteiger partial charge in [0.1, 0.15) is 16.5 Å². The van der Waals surface area contributed by atoms with Crippen LogP contribution >= 0.6 is 34.9 Å². The second-order valence-corrected chi connectivity index (χ2v) is 7.39. The first-order valence-electron chi connectivity index (χ1n) is 6.07. The smallest absolute Gasteiger partial charge is 0.146 e. The van der Waals surface area contributed by atoms with Gasteiger partial charge in [0.05, 0.1) is 10.6 Å². The van der Waals surface area contributed by atoms with Gasteiger partial charge in [0.15, 0.2) is 0 Å². The molecule has 1 fully saturated rings. The standard InChI is InChI=1S/C12H15N3S3/c1-2-13-10-8-3-4-18-12(8)15-11(14-10)9-7-16-5-6-17-9/h3-4,9H,2,5-7H2,1H3,(H,13,14,15). The summed E-state index contributed by atoms with van der Waals surface area (Å²) >= 11 is 5.69. The Morgan fingerprint density at radius 2 is 2.33 bits per heavy atom. The van der Waals surface area contributed by atoms with Crippen molar-refractivity contribution in [3.05, 3.63) is 17.3 Å². The fraction of sp³-hybridized carbons (Fsp3) is 0.500. The Labute approximate surface area is 119 Å². The van der Waals surface area contributed by atoms with Crippen LogP contribution in [-0.2, 0) is 0 Å². The van der Waals surface area contributed by atoms with Crippen molar-refractivity contribution >= 4 is 50.9 Å². The van der Waals surface area contributed by atoms with Gasteiger partial charge in [0.25, 0.3) is 0 Å². The molecule has 2 aromatic rings. The predicted molar refractivity (Wildman–Crippen MR) is 84.1 cm³/mol. The first-order valence-corrected chi connectivity index (χ1v) is 9.15. The van der Waals surface area contributed by atoms with E-state index in [-0.39, 0.29) is 0 Å². The van der Waals surface area contributed by atoms with Crippen LogP contribution in [0.4, 0.5) is 5.82 Å². The van der Waals surface area contributed by atoms with Crippen molar-refractivity contribution in [1.82, 2.24) is 9.97 Å². The zero-order valence-electron chi connectivity index (χ0n) is 10.2. The third-order valence-electron chi connectivity index (χ3n) is 2.79. The summed E-state index contributed by atoms with van der Waals surface area (Å²) in [6.45, 7) is 3.00. The second kappa shape index (κ2) is 5.67. The molecule has 6 heteroatoms. The number of rotatable bonds is 3. The zero-order chi connectivity index (χ0) is 12.4. The maximum Gasteiger partial charge on any atom is 0.146 e. The number of anilines is 1. The predicted octanol–water partition coefficient (Wildman–Crippen LogP) is 3.64. The van der Waals surface area contributed by atoms with Crippen LogP contribution in [0.5, 0.6) is 0 Å². The largest absolute Gasteiger partial charge is 0.370 e. The van der Waals surface area contributed by atoms with Crippen molar-refractivity contribution in [1.29, 1.82) is 0 Å². The summed E-state index contributed by atoms with van der Waals surface area (Å²) in [7, 11) is 0. The number of nitrogens with one attached hydrogen (secondary N) is 1. The molecule has 3 rings (SSSR count). The number of nitrogens with zero attached hydrogens (tertiary/aromatic N) is 2. The molecule has 0 radical (unpaired) electrons. The van der Waals surface area contributed by atoms with E-state index >= 15 is 0 Å². The first-order chi connectivity index (χ1) is 8.88. The van der Waals surface area contributed by atoms with Gasteiger partial charge >= 0.3 is 0 Å². The van der Waals surface area contributed by atoms with Gasteiger partial charge in [-0.1, -0.05) is 0 Å². The van der Waals surface area contributed by atoms with E-state index in [0.29, 0.717) is 5.25 Å². The van der Waals surface area contributed by atoms with Gasteiger partial charge in [0.2, 0.25) is 0 Å². The minimum Gasteiger partial charge on any atom is -0.370 e. The monoisotopic (exact) mass is 297 g/mol. The highest BCUT2D eigenvalue weighted by molar-refractivity contribution is 8.06. The molecular formula is C12H15N3S3. The van der Waals surface area contributed by atoms with Crippen LogP contribution in [0.25, 0.3) is 10.2 Å². The average Bonchev–Trinajstić information content (AvgIpc) is 2.88. The summed E-state index contributed by atoms with van der Waals surface area (Å²) < 4.78 is 0. The fourth-order valence-electron chi connectivity index (χ4n) is 1.95. The Balaban J connectivity index is 2.00. The Morgan fingerprint density at radius 3 is 3.11 bits per heavy atom. The highest BCUT2D eigenvalue weighted by atomic mass is 32.2. The van der Waals surface area contributed by atoms with E-state index in [1.807, 2.05) is 23.5 Å². The van der Waals surface area contributed by atoms with Crippen molar-refractivity contribution in [2.24, 2.45) is 0 Å². The van der Waals surface area contributed by atoms with Crippen LogP contribution in [0.15, 0.2) is 11.4 Å². The Bertz CT molecular complexity index is 534. The molecule has 0 amide bonds. The number of thioether (sulfide) groups is 2. The molecule has 0 bridgehead atoms. The van der Waals surface area contributed by atoms with E-state index < -0.39 is 0 Å². The lowest BCUT2D eigenvalue weighted by Crippen LogP contribution is -2.11. The summed E-state index contributed by atoms with van der Waals surface area (Å²) in [6, 6.07) is 2.10. The van der Waals surface area contributed by atoms with Crippen molar-refractivity contribution in [2.75, 3.05) is 29.1 Å². The quantitative estimate of drug-likeness (QED) is 0.936. The normalized spacial score (nSPS) is 20.2. The van der Waals surface area contributed by atoms with E-state index in [1.54, 1.807) is 11.3 Å². The van der Waals surface area contributed by atoms with Gasteiger partial charge in [-0.05, 0) is 18.4 Å². The lowest BCUT2D eigenvalue weighted by molar-refractivity contribution is 0.943. The van der Waals surface area contributed by atoms with E-state index in [0.717, 1.165) is 34.2 Å². The number of hydrogen-bond acceptors (Lipinski definition) is 6. The molecule has 3 heterocycles. The van der Waals surface area contributed by atoms with Crippen molar-refractivity contribution < 1.29 is 0 Å². The van der Waals surface area contributed by atoms with Gasteiger partial charge < -0.3 is 5.32 Å². The summed E-state index contributed by atoms with van der Waals surface area (Å²) in [5.74, 6) is 5.58. The Hall–Kier alpha value is -0.460. The van der Waals surface area contributed by atoms with Crippen LogP contribution in [0.2, 0.25) is 0 Å².